The van der Waals surface area contributed by atoms with Gasteiger partial charge in [0, 0.05) is 17.2 Å². The standard InChI is InChI=1S/C14H14FNS/c15-13-5-1-11(2-6-13)9-17-10-12-3-7-14(16)8-4-12/h1-8H,9-10,16H2. The summed E-state index contributed by atoms with van der Waals surface area (Å²) in [7, 11) is 0. The Balaban J connectivity index is 1.83. The number of nitrogen functional groups attached to an aromatic ring is 1. The van der Waals surface area contributed by atoms with E-state index in [1.54, 1.807) is 0 Å². The van der Waals surface area contributed by atoms with E-state index in [4.69, 9.17) is 5.73 Å². The summed E-state index contributed by atoms with van der Waals surface area (Å²) < 4.78 is 12.7. The van der Waals surface area contributed by atoms with Crippen LogP contribution in [0.4, 0.5) is 10.1 Å². The quantitative estimate of drug-likeness (QED) is 0.831. The normalized spacial score (nSPS) is 10.4. The third-order valence-corrected chi connectivity index (χ3v) is 3.51. The monoisotopic (exact) mass is 247 g/mol. The maximum Gasteiger partial charge on any atom is 0.123 e. The molecule has 0 atom stereocenters. The molecule has 0 aliphatic rings. The fourth-order valence-corrected chi connectivity index (χ4v) is 2.44. The number of rotatable bonds is 4. The van der Waals surface area contributed by atoms with Gasteiger partial charge in [0.05, 0.1) is 0 Å². The molecule has 0 bridgehead atoms. The zero-order chi connectivity index (χ0) is 12.1. The molecular weight excluding hydrogens is 233 g/mol. The van der Waals surface area contributed by atoms with Crippen molar-refractivity contribution in [2.75, 3.05) is 5.73 Å². The van der Waals surface area contributed by atoms with Gasteiger partial charge in [0.25, 0.3) is 0 Å². The molecule has 0 aliphatic heterocycles. The van der Waals surface area contributed by atoms with Gasteiger partial charge in [0.15, 0.2) is 0 Å². The molecule has 1 nitrogen and oxygen atoms in total. The molecule has 0 aliphatic carbocycles. The molecule has 88 valence electrons. The van der Waals surface area contributed by atoms with Crippen molar-refractivity contribution >= 4 is 17.4 Å². The van der Waals surface area contributed by atoms with Gasteiger partial charge in [-0.1, -0.05) is 24.3 Å². The van der Waals surface area contributed by atoms with Crippen LogP contribution in [0, 0.1) is 5.82 Å². The van der Waals surface area contributed by atoms with E-state index in [2.05, 4.69) is 0 Å². The molecular formula is C14H14FNS. The molecule has 2 rings (SSSR count). The molecule has 0 radical (unpaired) electrons. The summed E-state index contributed by atoms with van der Waals surface area (Å²) in [6.45, 7) is 0. The van der Waals surface area contributed by atoms with Crippen molar-refractivity contribution < 1.29 is 4.39 Å². The Morgan fingerprint density at radius 2 is 1.29 bits per heavy atom. The van der Waals surface area contributed by atoms with E-state index in [9.17, 15) is 4.39 Å². The van der Waals surface area contributed by atoms with Gasteiger partial charge in [0.1, 0.15) is 5.82 Å². The van der Waals surface area contributed by atoms with E-state index in [1.807, 2.05) is 48.2 Å². The Morgan fingerprint density at radius 1 is 0.824 bits per heavy atom. The lowest BCUT2D eigenvalue weighted by atomic mass is 10.2. The third kappa shape index (κ3) is 3.79. The smallest absolute Gasteiger partial charge is 0.123 e. The van der Waals surface area contributed by atoms with E-state index in [0.29, 0.717) is 0 Å². The zero-order valence-electron chi connectivity index (χ0n) is 9.40. The number of anilines is 1. The summed E-state index contributed by atoms with van der Waals surface area (Å²) >= 11 is 1.81. The largest absolute Gasteiger partial charge is 0.399 e. The first-order valence-corrected chi connectivity index (χ1v) is 6.56. The maximum atomic E-state index is 12.7. The molecule has 0 aromatic heterocycles. The Morgan fingerprint density at radius 3 is 1.82 bits per heavy atom. The fraction of sp³-hybridized carbons (Fsp3) is 0.143. The Kier molecular flexibility index (Phi) is 4.04. The van der Waals surface area contributed by atoms with Crippen molar-refractivity contribution in [2.45, 2.75) is 11.5 Å². The molecule has 0 heterocycles. The minimum atomic E-state index is -0.183. The Bertz CT molecular complexity index is 419. The molecule has 2 aromatic carbocycles. The predicted molar refractivity (Wildman–Crippen MR) is 72.3 cm³/mol. The fourth-order valence-electron chi connectivity index (χ4n) is 1.48. The summed E-state index contributed by atoms with van der Waals surface area (Å²) in [5.74, 6) is 1.65. The highest BCUT2D eigenvalue weighted by Crippen LogP contribution is 2.18. The molecule has 0 saturated heterocycles. The van der Waals surface area contributed by atoms with E-state index < -0.39 is 0 Å². The molecule has 2 aromatic rings. The molecule has 0 fully saturated rings. The van der Waals surface area contributed by atoms with E-state index in [1.165, 1.54) is 17.7 Å². The second-order valence-corrected chi connectivity index (χ2v) is 4.85. The van der Waals surface area contributed by atoms with Gasteiger partial charge in [-0.05, 0) is 35.4 Å². The van der Waals surface area contributed by atoms with E-state index in [-0.39, 0.29) is 5.82 Å². The van der Waals surface area contributed by atoms with Crippen LogP contribution in [0.25, 0.3) is 0 Å². The van der Waals surface area contributed by atoms with Crippen molar-refractivity contribution in [3.8, 4) is 0 Å². The van der Waals surface area contributed by atoms with Crippen LogP contribution < -0.4 is 5.73 Å². The number of thioether (sulfide) groups is 1. The van der Waals surface area contributed by atoms with E-state index in [0.717, 1.165) is 22.8 Å². The minimum Gasteiger partial charge on any atom is -0.399 e. The minimum absolute atomic E-state index is 0.183. The molecule has 2 N–H and O–H groups in total. The van der Waals surface area contributed by atoms with Crippen LogP contribution in [0.15, 0.2) is 48.5 Å². The highest BCUT2D eigenvalue weighted by molar-refractivity contribution is 7.97. The average molecular weight is 247 g/mol. The predicted octanol–water partition coefficient (Wildman–Crippen LogP) is 3.84. The SMILES string of the molecule is Nc1ccc(CSCc2ccc(F)cc2)cc1. The lowest BCUT2D eigenvalue weighted by Gasteiger charge is -2.03. The second kappa shape index (κ2) is 5.73. The lowest BCUT2D eigenvalue weighted by Crippen LogP contribution is -1.86. The Hall–Kier alpha value is -1.48. The average Bonchev–Trinajstić information content (AvgIpc) is 2.34. The molecule has 3 heteroatoms. The van der Waals surface area contributed by atoms with Gasteiger partial charge in [-0.2, -0.15) is 11.8 Å². The van der Waals surface area contributed by atoms with Crippen LogP contribution in [0.1, 0.15) is 11.1 Å². The number of hydrogen-bond donors (Lipinski definition) is 1. The van der Waals surface area contributed by atoms with Gasteiger partial charge in [-0.25, -0.2) is 4.39 Å². The van der Waals surface area contributed by atoms with Crippen LogP contribution in [0.3, 0.4) is 0 Å². The highest BCUT2D eigenvalue weighted by atomic mass is 32.2. The second-order valence-electron chi connectivity index (χ2n) is 3.86. The number of benzene rings is 2. The molecule has 17 heavy (non-hydrogen) atoms. The topological polar surface area (TPSA) is 26.0 Å². The van der Waals surface area contributed by atoms with Crippen LogP contribution in [-0.4, -0.2) is 0 Å². The summed E-state index contributed by atoms with van der Waals surface area (Å²) in [6.07, 6.45) is 0. The van der Waals surface area contributed by atoms with Crippen molar-refractivity contribution in [1.82, 2.24) is 0 Å². The van der Waals surface area contributed by atoms with Gasteiger partial charge >= 0.3 is 0 Å². The van der Waals surface area contributed by atoms with E-state index >= 15 is 0 Å². The van der Waals surface area contributed by atoms with Gasteiger partial charge in [-0.3, -0.25) is 0 Å². The first-order valence-electron chi connectivity index (χ1n) is 5.40. The van der Waals surface area contributed by atoms with Crippen molar-refractivity contribution in [2.24, 2.45) is 0 Å². The third-order valence-electron chi connectivity index (χ3n) is 2.43. The van der Waals surface area contributed by atoms with Gasteiger partial charge in [0.2, 0.25) is 0 Å². The van der Waals surface area contributed by atoms with Crippen molar-refractivity contribution in [3.05, 3.63) is 65.5 Å². The lowest BCUT2D eigenvalue weighted by molar-refractivity contribution is 0.627. The van der Waals surface area contributed by atoms with Crippen LogP contribution in [0.5, 0.6) is 0 Å². The highest BCUT2D eigenvalue weighted by Gasteiger charge is 1.96. The van der Waals surface area contributed by atoms with Crippen LogP contribution in [-0.2, 0) is 11.5 Å². The van der Waals surface area contributed by atoms with Gasteiger partial charge in [-0.15, -0.1) is 0 Å². The summed E-state index contributed by atoms with van der Waals surface area (Å²) in [5.41, 5.74) is 8.81. The van der Waals surface area contributed by atoms with Gasteiger partial charge < -0.3 is 5.73 Å². The van der Waals surface area contributed by atoms with Crippen LogP contribution in [0.2, 0.25) is 0 Å². The van der Waals surface area contributed by atoms with Crippen molar-refractivity contribution in [1.29, 1.82) is 0 Å². The summed E-state index contributed by atoms with van der Waals surface area (Å²) in [6, 6.07) is 14.5. The maximum absolute atomic E-state index is 12.7. The molecule has 0 amide bonds. The molecule has 0 saturated carbocycles. The first kappa shape index (κ1) is 12.0. The zero-order valence-corrected chi connectivity index (χ0v) is 10.2. The number of halogens is 1. The number of hydrogen-bond acceptors (Lipinski definition) is 2. The summed E-state index contributed by atoms with van der Waals surface area (Å²) in [4.78, 5) is 0. The van der Waals surface area contributed by atoms with Crippen LogP contribution >= 0.6 is 11.8 Å². The molecule has 0 spiro atoms. The Labute approximate surface area is 105 Å². The number of nitrogens with two attached hydrogens (primary N) is 1. The van der Waals surface area contributed by atoms with Crippen molar-refractivity contribution in [3.63, 3.8) is 0 Å². The first-order chi connectivity index (χ1) is 8.24. The summed E-state index contributed by atoms with van der Waals surface area (Å²) in [5, 5.41) is 0. The molecule has 0 unspecified atom stereocenters.